The fraction of sp³-hybridized carbons (Fsp3) is 0.769. The van der Waals surface area contributed by atoms with E-state index in [0.29, 0.717) is 12.0 Å². The van der Waals surface area contributed by atoms with Crippen LogP contribution in [0.25, 0.3) is 0 Å². The number of rotatable bonds is 3. The second-order valence-electron chi connectivity index (χ2n) is 11.7. The number of Topliss-reactive ketones (excluding diaryl/α,β-unsaturated/α-hetero) is 1. The summed E-state index contributed by atoms with van der Waals surface area (Å²) in [6.07, 6.45) is 2.54. The molecule has 0 aromatic carbocycles. The quantitative estimate of drug-likeness (QED) is 0.475. The average Bonchev–Trinajstić information content (AvgIpc) is 3.13. The minimum Gasteiger partial charge on any atom is -0.458 e. The molecule has 188 valence electrons. The number of ketones is 1. The van der Waals surface area contributed by atoms with Crippen molar-refractivity contribution in [1.82, 2.24) is 0 Å². The molecule has 1 aliphatic heterocycles. The topological polar surface area (TPSA) is 102 Å². The van der Waals surface area contributed by atoms with Crippen molar-refractivity contribution in [3.05, 3.63) is 23.8 Å². The fourth-order valence-corrected chi connectivity index (χ4v) is 8.32. The molecule has 4 aliphatic carbocycles. The highest BCUT2D eigenvalue weighted by Crippen LogP contribution is 2.70. The number of aliphatic hydroxyl groups is 2. The maximum Gasteiger partial charge on any atom is 0.303 e. The number of aliphatic hydroxyl groups excluding tert-OH is 2. The van der Waals surface area contributed by atoms with Crippen LogP contribution in [0.5, 0.6) is 0 Å². The predicted octanol–water partition coefficient (Wildman–Crippen LogP) is 2.64. The van der Waals surface area contributed by atoms with Crippen molar-refractivity contribution in [3.8, 4) is 0 Å². The molecule has 0 amide bonds. The summed E-state index contributed by atoms with van der Waals surface area (Å²) in [5.41, 5.74) is -2.43. The Morgan fingerprint density at radius 1 is 1.21 bits per heavy atom. The minimum absolute atomic E-state index is 0.139. The molecule has 3 saturated carbocycles. The van der Waals surface area contributed by atoms with Crippen molar-refractivity contribution >= 4 is 11.8 Å². The van der Waals surface area contributed by atoms with E-state index in [1.54, 1.807) is 26.0 Å². The number of alkyl halides is 1. The maximum atomic E-state index is 15.6. The van der Waals surface area contributed by atoms with E-state index in [0.717, 1.165) is 0 Å². The molecule has 2 N–H and O–H groups in total. The number of carbonyl (C=O) groups excluding carboxylic acids is 2. The Bertz CT molecular complexity index is 974. The lowest BCUT2D eigenvalue weighted by Crippen LogP contribution is -2.64. The van der Waals surface area contributed by atoms with Crippen LogP contribution >= 0.6 is 0 Å². The zero-order valence-corrected chi connectivity index (χ0v) is 20.4. The molecule has 5 aliphatic rings. The van der Waals surface area contributed by atoms with Gasteiger partial charge in [-0.2, -0.15) is 0 Å². The summed E-state index contributed by atoms with van der Waals surface area (Å²) in [7, 11) is 0. The summed E-state index contributed by atoms with van der Waals surface area (Å²) in [6.45, 7) is 8.19. The number of hydrogen-bond donors (Lipinski definition) is 2. The molecule has 0 aromatic heterocycles. The lowest BCUT2D eigenvalue weighted by atomic mass is 9.46. The lowest BCUT2D eigenvalue weighted by molar-refractivity contribution is -0.227. The lowest BCUT2D eigenvalue weighted by Gasteiger charge is -2.60. The zero-order valence-electron chi connectivity index (χ0n) is 20.4. The average molecular weight is 479 g/mol. The second-order valence-corrected chi connectivity index (χ2v) is 11.7. The number of ether oxygens (including phenoxy) is 3. The van der Waals surface area contributed by atoms with E-state index in [-0.39, 0.29) is 36.4 Å². The largest absolute Gasteiger partial charge is 0.458 e. The SMILES string of the molecule is CC(=O)OCC(=O)[C@@]12OC(C)(C)O[C@@H]1C[C@H]1[C@@H]3C[C@H](F)C4=CC(O)C=C[C@]4(C)[C@H]3[C@@H](O)C[C@@]12C. The molecule has 10 atom stereocenters. The third kappa shape index (κ3) is 3.08. The third-order valence-electron chi connectivity index (χ3n) is 9.39. The molecular weight excluding hydrogens is 443 g/mol. The second kappa shape index (κ2) is 7.45. The molecular formula is C26H35FO7. The van der Waals surface area contributed by atoms with Gasteiger partial charge in [0.15, 0.2) is 18.0 Å². The molecule has 0 radical (unpaired) electrons. The standard InChI is InChI=1S/C26H35FO7/c1-13(28)32-12-20(31)26-21(33-23(2,3)34-26)10-16-15-9-18(27)17-8-14(29)6-7-24(17,4)22(15)19(30)11-25(16,26)5/h6-8,14-16,18-19,21-22,29-30H,9-12H2,1-5H3/t14?,15-,16-,18-,19-,21+,22+,24-,25-,26+/m0/s1. The van der Waals surface area contributed by atoms with Crippen molar-refractivity contribution in [2.75, 3.05) is 6.61 Å². The molecule has 4 fully saturated rings. The number of carbonyl (C=O) groups is 2. The van der Waals surface area contributed by atoms with E-state index in [9.17, 15) is 19.8 Å². The van der Waals surface area contributed by atoms with Crippen molar-refractivity contribution < 1.29 is 38.4 Å². The molecule has 1 unspecified atom stereocenters. The van der Waals surface area contributed by atoms with Crippen LogP contribution in [0.4, 0.5) is 4.39 Å². The van der Waals surface area contributed by atoms with Crippen LogP contribution in [0, 0.1) is 28.6 Å². The minimum atomic E-state index is -1.40. The first-order valence-electron chi connectivity index (χ1n) is 12.2. The van der Waals surface area contributed by atoms with Gasteiger partial charge in [0.2, 0.25) is 5.78 Å². The molecule has 34 heavy (non-hydrogen) atoms. The van der Waals surface area contributed by atoms with E-state index in [1.165, 1.54) is 6.92 Å². The number of fused-ring (bicyclic) bond motifs is 7. The van der Waals surface area contributed by atoms with Crippen LogP contribution in [0.1, 0.15) is 53.9 Å². The van der Waals surface area contributed by atoms with Gasteiger partial charge in [-0.1, -0.05) is 26.0 Å². The van der Waals surface area contributed by atoms with E-state index >= 15 is 4.39 Å². The summed E-state index contributed by atoms with van der Waals surface area (Å²) < 4.78 is 33.3. The number of allylic oxidation sites excluding steroid dienone is 2. The Morgan fingerprint density at radius 2 is 1.91 bits per heavy atom. The highest BCUT2D eigenvalue weighted by atomic mass is 19.1. The summed E-state index contributed by atoms with van der Waals surface area (Å²) in [5, 5.41) is 21.7. The summed E-state index contributed by atoms with van der Waals surface area (Å²) in [4.78, 5) is 25.1. The van der Waals surface area contributed by atoms with Crippen molar-refractivity contribution in [2.24, 2.45) is 28.6 Å². The van der Waals surface area contributed by atoms with E-state index < -0.39 is 59.3 Å². The Kier molecular flexibility index (Phi) is 5.28. The van der Waals surface area contributed by atoms with Crippen LogP contribution in [0.3, 0.4) is 0 Å². The molecule has 8 heteroatoms. The fourth-order valence-electron chi connectivity index (χ4n) is 8.32. The molecule has 1 saturated heterocycles. The molecule has 0 bridgehead atoms. The Balaban J connectivity index is 1.57. The smallest absolute Gasteiger partial charge is 0.303 e. The highest BCUT2D eigenvalue weighted by Gasteiger charge is 2.77. The Morgan fingerprint density at radius 3 is 2.59 bits per heavy atom. The number of halogens is 1. The van der Waals surface area contributed by atoms with Gasteiger partial charge in [-0.3, -0.25) is 9.59 Å². The first kappa shape index (κ1) is 24.1. The van der Waals surface area contributed by atoms with Crippen LogP contribution in [-0.2, 0) is 23.8 Å². The predicted molar refractivity (Wildman–Crippen MR) is 119 cm³/mol. The Labute approximate surface area is 199 Å². The molecule has 1 heterocycles. The van der Waals surface area contributed by atoms with E-state index in [4.69, 9.17) is 14.2 Å². The van der Waals surface area contributed by atoms with Gasteiger partial charge in [0.1, 0.15) is 6.17 Å². The van der Waals surface area contributed by atoms with Gasteiger partial charge in [0.05, 0.1) is 18.3 Å². The summed E-state index contributed by atoms with van der Waals surface area (Å²) in [6, 6.07) is 0. The molecule has 5 rings (SSSR count). The molecule has 0 spiro atoms. The highest BCUT2D eigenvalue weighted by molar-refractivity contribution is 5.92. The molecule has 0 aromatic rings. The summed E-state index contributed by atoms with van der Waals surface area (Å²) >= 11 is 0. The van der Waals surface area contributed by atoms with Crippen molar-refractivity contribution in [1.29, 1.82) is 0 Å². The molecule has 7 nitrogen and oxygen atoms in total. The monoisotopic (exact) mass is 478 g/mol. The van der Waals surface area contributed by atoms with Crippen molar-refractivity contribution in [2.45, 2.75) is 89.8 Å². The Hall–Kier alpha value is -1.61. The van der Waals surface area contributed by atoms with E-state index in [1.807, 2.05) is 19.9 Å². The van der Waals surface area contributed by atoms with Gasteiger partial charge < -0.3 is 24.4 Å². The first-order chi connectivity index (χ1) is 15.7. The van der Waals surface area contributed by atoms with Gasteiger partial charge in [-0.05, 0) is 56.6 Å². The van der Waals surface area contributed by atoms with Crippen LogP contribution < -0.4 is 0 Å². The van der Waals surface area contributed by atoms with Gasteiger partial charge in [0.25, 0.3) is 0 Å². The van der Waals surface area contributed by atoms with Gasteiger partial charge >= 0.3 is 5.97 Å². The zero-order chi connectivity index (χ0) is 24.8. The number of esters is 1. The third-order valence-corrected chi connectivity index (χ3v) is 9.39. The summed E-state index contributed by atoms with van der Waals surface area (Å²) in [5.74, 6) is -2.58. The van der Waals surface area contributed by atoms with Crippen LogP contribution in [0.2, 0.25) is 0 Å². The van der Waals surface area contributed by atoms with E-state index in [2.05, 4.69) is 0 Å². The normalized spacial score (nSPS) is 50.5. The maximum absolute atomic E-state index is 15.6. The van der Waals surface area contributed by atoms with Gasteiger partial charge in [-0.25, -0.2) is 4.39 Å². The van der Waals surface area contributed by atoms with Crippen molar-refractivity contribution in [3.63, 3.8) is 0 Å². The van der Waals surface area contributed by atoms with Crippen LogP contribution in [-0.4, -0.2) is 64.4 Å². The van der Waals surface area contributed by atoms with Gasteiger partial charge in [0, 0.05) is 23.7 Å². The van der Waals surface area contributed by atoms with Crippen LogP contribution in [0.15, 0.2) is 23.8 Å². The van der Waals surface area contributed by atoms with Gasteiger partial charge in [-0.15, -0.1) is 0 Å². The number of hydrogen-bond acceptors (Lipinski definition) is 7. The first-order valence-corrected chi connectivity index (χ1v) is 12.2.